The zero-order chi connectivity index (χ0) is 22.8. The molecule has 0 radical (unpaired) electrons. The molecule has 0 spiro atoms. The number of rotatable bonds is 7. The summed E-state index contributed by atoms with van der Waals surface area (Å²) < 4.78 is 28.0. The number of pyridine rings is 1. The summed E-state index contributed by atoms with van der Waals surface area (Å²) in [7, 11) is 1.72. The molecule has 2 aromatic carbocycles. The fourth-order valence-electron chi connectivity index (χ4n) is 3.36. The lowest BCUT2D eigenvalue weighted by atomic mass is 9.94. The van der Waals surface area contributed by atoms with Gasteiger partial charge >= 0.3 is 0 Å². The van der Waals surface area contributed by atoms with Gasteiger partial charge in [0, 0.05) is 44.0 Å². The number of sulfonamides is 1. The van der Waals surface area contributed by atoms with Crippen molar-refractivity contribution in [1.82, 2.24) is 4.57 Å². The SMILES string of the molecule is C=CS(=O)(=O)Nc1ccc(Cc2ccc(C)cc2)c(-c2cc(N(C)C)c(=O)n(C)c2)c1. The second kappa shape index (κ2) is 8.81. The number of hydrogen-bond donors (Lipinski definition) is 1. The second-order valence-corrected chi connectivity index (χ2v) is 9.40. The molecule has 0 amide bonds. The fourth-order valence-corrected chi connectivity index (χ4v) is 3.90. The third-order valence-corrected chi connectivity index (χ3v) is 6.02. The van der Waals surface area contributed by atoms with Gasteiger partial charge in [0.2, 0.25) is 0 Å². The van der Waals surface area contributed by atoms with Crippen LogP contribution >= 0.6 is 0 Å². The van der Waals surface area contributed by atoms with Crippen molar-refractivity contribution >= 4 is 21.4 Å². The topological polar surface area (TPSA) is 71.4 Å². The lowest BCUT2D eigenvalue weighted by molar-refractivity contribution is 0.609. The largest absolute Gasteiger partial charge is 0.373 e. The Labute approximate surface area is 183 Å². The lowest BCUT2D eigenvalue weighted by Crippen LogP contribution is -2.25. The van der Waals surface area contributed by atoms with Crippen LogP contribution in [0.1, 0.15) is 16.7 Å². The summed E-state index contributed by atoms with van der Waals surface area (Å²) in [6.07, 6.45) is 2.44. The first kappa shape index (κ1) is 22.4. The van der Waals surface area contributed by atoms with Gasteiger partial charge in [-0.05, 0) is 48.2 Å². The molecule has 3 aromatic rings. The van der Waals surface area contributed by atoms with E-state index in [2.05, 4.69) is 35.6 Å². The maximum Gasteiger partial charge on any atom is 0.273 e. The molecule has 6 nitrogen and oxygen atoms in total. The Morgan fingerprint density at radius 2 is 1.77 bits per heavy atom. The molecule has 0 saturated heterocycles. The van der Waals surface area contributed by atoms with Gasteiger partial charge in [0.05, 0.1) is 0 Å². The zero-order valence-electron chi connectivity index (χ0n) is 18.2. The molecule has 0 fully saturated rings. The second-order valence-electron chi connectivity index (χ2n) is 7.77. The maximum absolute atomic E-state index is 12.5. The molecule has 1 heterocycles. The van der Waals surface area contributed by atoms with Crippen LogP contribution in [0.3, 0.4) is 0 Å². The predicted octanol–water partition coefficient (Wildman–Crippen LogP) is 3.90. The summed E-state index contributed by atoms with van der Waals surface area (Å²) in [6.45, 7) is 5.39. The molecule has 0 aliphatic carbocycles. The Hall–Kier alpha value is -3.32. The molecule has 7 heteroatoms. The monoisotopic (exact) mass is 437 g/mol. The number of nitrogens with one attached hydrogen (secondary N) is 1. The molecule has 3 rings (SSSR count). The van der Waals surface area contributed by atoms with Gasteiger partial charge in [0.25, 0.3) is 15.6 Å². The average molecular weight is 438 g/mol. The molecule has 1 aromatic heterocycles. The van der Waals surface area contributed by atoms with Gasteiger partial charge in [0.15, 0.2) is 0 Å². The average Bonchev–Trinajstić information content (AvgIpc) is 2.72. The highest BCUT2D eigenvalue weighted by atomic mass is 32.2. The van der Waals surface area contributed by atoms with E-state index in [9.17, 15) is 13.2 Å². The van der Waals surface area contributed by atoms with E-state index in [-0.39, 0.29) is 5.56 Å². The molecule has 0 unspecified atom stereocenters. The van der Waals surface area contributed by atoms with Gasteiger partial charge in [-0.15, -0.1) is 0 Å². The number of nitrogens with zero attached hydrogens (tertiary/aromatic N) is 2. The maximum atomic E-state index is 12.5. The fraction of sp³-hybridized carbons (Fsp3) is 0.208. The highest BCUT2D eigenvalue weighted by Gasteiger charge is 2.14. The number of benzene rings is 2. The minimum atomic E-state index is -3.63. The molecule has 1 N–H and O–H groups in total. The molecular formula is C24H27N3O3S. The summed E-state index contributed by atoms with van der Waals surface area (Å²) in [5.41, 5.74) is 5.92. The summed E-state index contributed by atoms with van der Waals surface area (Å²) in [6, 6.07) is 15.6. The standard InChI is InChI=1S/C24H27N3O3S/c1-6-31(29,30)25-21-12-11-19(13-18-9-7-17(2)8-10-18)22(15-21)20-14-23(26(3)4)24(28)27(5)16-20/h6-12,14-16,25H,1,13H2,2-5H3. The van der Waals surface area contributed by atoms with Crippen molar-refractivity contribution in [3.8, 4) is 11.1 Å². The molecule has 0 aliphatic heterocycles. The van der Waals surface area contributed by atoms with Crippen LogP contribution in [-0.2, 0) is 23.5 Å². The van der Waals surface area contributed by atoms with Crippen LogP contribution in [0.2, 0.25) is 0 Å². The Morgan fingerprint density at radius 1 is 1.10 bits per heavy atom. The van der Waals surface area contributed by atoms with E-state index in [4.69, 9.17) is 0 Å². The van der Waals surface area contributed by atoms with Crippen LogP contribution in [0.25, 0.3) is 11.1 Å². The predicted molar refractivity (Wildman–Crippen MR) is 128 cm³/mol. The molecule has 162 valence electrons. The Bertz CT molecular complexity index is 1270. The number of aromatic nitrogens is 1. The van der Waals surface area contributed by atoms with Crippen molar-refractivity contribution in [2.24, 2.45) is 7.05 Å². The van der Waals surface area contributed by atoms with Crippen molar-refractivity contribution in [3.63, 3.8) is 0 Å². The Kier molecular flexibility index (Phi) is 6.36. The normalized spacial score (nSPS) is 11.2. The van der Waals surface area contributed by atoms with Crippen molar-refractivity contribution in [1.29, 1.82) is 0 Å². The minimum Gasteiger partial charge on any atom is -0.373 e. The van der Waals surface area contributed by atoms with Gasteiger partial charge in [-0.3, -0.25) is 9.52 Å². The van der Waals surface area contributed by atoms with Crippen molar-refractivity contribution < 1.29 is 8.42 Å². The van der Waals surface area contributed by atoms with E-state index in [1.807, 2.05) is 33.2 Å². The van der Waals surface area contributed by atoms with Crippen LogP contribution in [0.5, 0.6) is 0 Å². The van der Waals surface area contributed by atoms with E-state index in [1.54, 1.807) is 34.8 Å². The minimum absolute atomic E-state index is 0.0997. The quantitative estimate of drug-likeness (QED) is 0.609. The summed E-state index contributed by atoms with van der Waals surface area (Å²) >= 11 is 0. The summed E-state index contributed by atoms with van der Waals surface area (Å²) in [5.74, 6) is 0. The Balaban J connectivity index is 2.17. The highest BCUT2D eigenvalue weighted by Crippen LogP contribution is 2.30. The van der Waals surface area contributed by atoms with Crippen LogP contribution in [0, 0.1) is 6.92 Å². The van der Waals surface area contributed by atoms with E-state index in [0.29, 0.717) is 17.8 Å². The first-order valence-corrected chi connectivity index (χ1v) is 11.4. The van der Waals surface area contributed by atoms with Crippen LogP contribution in [0.4, 0.5) is 11.4 Å². The Morgan fingerprint density at radius 3 is 2.39 bits per heavy atom. The van der Waals surface area contributed by atoms with Crippen LogP contribution in [-0.4, -0.2) is 27.1 Å². The molecule has 0 saturated carbocycles. The van der Waals surface area contributed by atoms with Crippen molar-refractivity contribution in [3.05, 3.63) is 93.8 Å². The first-order chi connectivity index (χ1) is 14.6. The number of aryl methyl sites for hydroxylation is 2. The molecular weight excluding hydrogens is 410 g/mol. The van der Waals surface area contributed by atoms with Gasteiger partial charge in [-0.2, -0.15) is 0 Å². The highest BCUT2D eigenvalue weighted by molar-refractivity contribution is 7.95. The molecule has 31 heavy (non-hydrogen) atoms. The molecule has 0 atom stereocenters. The zero-order valence-corrected chi connectivity index (χ0v) is 19.0. The van der Waals surface area contributed by atoms with Gasteiger partial charge in [-0.1, -0.05) is 42.5 Å². The molecule has 0 bridgehead atoms. The lowest BCUT2D eigenvalue weighted by Gasteiger charge is -2.18. The number of hydrogen-bond acceptors (Lipinski definition) is 4. The third-order valence-electron chi connectivity index (χ3n) is 5.06. The summed E-state index contributed by atoms with van der Waals surface area (Å²) in [5, 5.41) is 0.878. The van der Waals surface area contributed by atoms with Crippen LogP contribution in [0.15, 0.2) is 71.5 Å². The van der Waals surface area contributed by atoms with Gasteiger partial charge < -0.3 is 9.47 Å². The molecule has 0 aliphatic rings. The third kappa shape index (κ3) is 5.24. The number of anilines is 2. The van der Waals surface area contributed by atoms with E-state index >= 15 is 0 Å². The van der Waals surface area contributed by atoms with Gasteiger partial charge in [-0.25, -0.2) is 8.42 Å². The van der Waals surface area contributed by atoms with Crippen molar-refractivity contribution in [2.45, 2.75) is 13.3 Å². The van der Waals surface area contributed by atoms with E-state index < -0.39 is 10.0 Å². The van der Waals surface area contributed by atoms with E-state index in [1.165, 1.54) is 5.56 Å². The van der Waals surface area contributed by atoms with E-state index in [0.717, 1.165) is 27.7 Å². The van der Waals surface area contributed by atoms with Crippen LogP contribution < -0.4 is 15.2 Å². The summed E-state index contributed by atoms with van der Waals surface area (Å²) in [4.78, 5) is 14.3. The first-order valence-electron chi connectivity index (χ1n) is 9.82. The van der Waals surface area contributed by atoms with Gasteiger partial charge in [0.1, 0.15) is 5.69 Å². The van der Waals surface area contributed by atoms with Crippen molar-refractivity contribution in [2.75, 3.05) is 23.7 Å². The smallest absolute Gasteiger partial charge is 0.273 e.